The third-order valence-electron chi connectivity index (χ3n) is 5.73. The number of imidazole rings is 1. The monoisotopic (exact) mass is 482 g/mol. The van der Waals surface area contributed by atoms with E-state index in [-0.39, 0.29) is 11.9 Å². The predicted molar refractivity (Wildman–Crippen MR) is 126 cm³/mol. The highest BCUT2D eigenvalue weighted by Crippen LogP contribution is 2.36. The molecule has 1 atom stereocenters. The number of rotatable bonds is 5. The van der Waals surface area contributed by atoms with Crippen molar-refractivity contribution in [1.82, 2.24) is 24.5 Å². The number of ether oxygens (including phenoxy) is 1. The topological polar surface area (TPSA) is 86.9 Å². The molecule has 1 aliphatic rings. The van der Waals surface area contributed by atoms with Gasteiger partial charge in [-0.2, -0.15) is 0 Å². The molecule has 3 heterocycles. The van der Waals surface area contributed by atoms with Gasteiger partial charge in [0, 0.05) is 11.8 Å². The molecule has 0 fully saturated rings. The first-order valence-corrected chi connectivity index (χ1v) is 11.1. The van der Waals surface area contributed by atoms with E-state index in [1.807, 2.05) is 40.6 Å². The van der Waals surface area contributed by atoms with Gasteiger partial charge in [0.2, 0.25) is 0 Å². The lowest BCUT2D eigenvalue weighted by atomic mass is 10.1. The summed E-state index contributed by atoms with van der Waals surface area (Å²) in [7, 11) is 1.57. The average molecular weight is 483 g/mol. The van der Waals surface area contributed by atoms with Crippen LogP contribution in [0.15, 0.2) is 48.9 Å². The number of amides is 1. The van der Waals surface area contributed by atoms with Gasteiger partial charge in [-0.15, -0.1) is 5.10 Å². The van der Waals surface area contributed by atoms with Crippen molar-refractivity contribution >= 4 is 34.9 Å². The summed E-state index contributed by atoms with van der Waals surface area (Å²) in [5.41, 5.74) is 4.01. The van der Waals surface area contributed by atoms with Crippen LogP contribution in [0.5, 0.6) is 5.75 Å². The molecule has 1 N–H and O–H groups in total. The van der Waals surface area contributed by atoms with E-state index in [0.717, 1.165) is 35.5 Å². The van der Waals surface area contributed by atoms with Crippen molar-refractivity contribution in [3.05, 3.63) is 81.5 Å². The lowest BCUT2D eigenvalue weighted by Crippen LogP contribution is -2.14. The Morgan fingerprint density at radius 1 is 1.18 bits per heavy atom. The fraction of sp³-hybridized carbons (Fsp3) is 0.217. The Balaban J connectivity index is 1.38. The molecular formula is C23H20Cl2N6O2. The third kappa shape index (κ3) is 3.96. The molecule has 1 aliphatic heterocycles. The molecule has 8 nitrogen and oxygen atoms in total. The van der Waals surface area contributed by atoms with E-state index in [2.05, 4.69) is 20.6 Å². The largest absolute Gasteiger partial charge is 0.495 e. The number of fused-ring (bicyclic) bond motifs is 1. The summed E-state index contributed by atoms with van der Waals surface area (Å²) >= 11 is 12.2. The fourth-order valence-corrected chi connectivity index (χ4v) is 4.39. The van der Waals surface area contributed by atoms with Crippen LogP contribution >= 0.6 is 23.2 Å². The molecule has 33 heavy (non-hydrogen) atoms. The molecule has 0 spiro atoms. The number of carbonyl (C=O) groups excluding carboxylic acids is 1. The maximum absolute atomic E-state index is 13.0. The van der Waals surface area contributed by atoms with Crippen LogP contribution in [0, 0.1) is 6.92 Å². The van der Waals surface area contributed by atoms with Crippen LogP contribution in [-0.4, -0.2) is 37.6 Å². The summed E-state index contributed by atoms with van der Waals surface area (Å²) < 4.78 is 9.20. The number of methoxy groups -OCH3 is 1. The number of hydrogen-bond acceptors (Lipinski definition) is 5. The highest BCUT2D eigenvalue weighted by molar-refractivity contribution is 6.42. The van der Waals surface area contributed by atoms with E-state index in [1.54, 1.807) is 31.6 Å². The molecule has 0 radical (unpaired) electrons. The van der Waals surface area contributed by atoms with Gasteiger partial charge in [0.15, 0.2) is 5.82 Å². The van der Waals surface area contributed by atoms with Crippen molar-refractivity contribution < 1.29 is 9.53 Å². The second kappa shape index (κ2) is 8.53. The predicted octanol–water partition coefficient (Wildman–Crippen LogP) is 4.88. The van der Waals surface area contributed by atoms with Crippen molar-refractivity contribution in [3.63, 3.8) is 0 Å². The Hall–Kier alpha value is -3.36. The summed E-state index contributed by atoms with van der Waals surface area (Å²) in [6.07, 6.45) is 5.16. The smallest absolute Gasteiger partial charge is 0.257 e. The van der Waals surface area contributed by atoms with Crippen LogP contribution in [0.1, 0.15) is 39.8 Å². The van der Waals surface area contributed by atoms with E-state index >= 15 is 0 Å². The quantitative estimate of drug-likeness (QED) is 0.438. The van der Waals surface area contributed by atoms with Gasteiger partial charge in [0.1, 0.15) is 5.75 Å². The molecule has 0 bridgehead atoms. The van der Waals surface area contributed by atoms with Crippen molar-refractivity contribution in [1.29, 1.82) is 0 Å². The van der Waals surface area contributed by atoms with Crippen LogP contribution < -0.4 is 10.1 Å². The number of halogens is 2. The first kappa shape index (κ1) is 21.5. The van der Waals surface area contributed by atoms with Crippen molar-refractivity contribution in [2.75, 3.05) is 12.4 Å². The van der Waals surface area contributed by atoms with Gasteiger partial charge in [-0.1, -0.05) is 34.5 Å². The highest BCUT2D eigenvalue weighted by atomic mass is 35.5. The molecule has 1 amide bonds. The fourth-order valence-electron chi connectivity index (χ4n) is 4.08. The Labute approximate surface area is 200 Å². The van der Waals surface area contributed by atoms with Crippen molar-refractivity contribution in [2.24, 2.45) is 0 Å². The Kier molecular flexibility index (Phi) is 5.55. The summed E-state index contributed by atoms with van der Waals surface area (Å²) in [5.74, 6) is 0.728. The number of carbonyl (C=O) groups is 1. The molecule has 0 saturated heterocycles. The minimum absolute atomic E-state index is 0.00840. The zero-order chi connectivity index (χ0) is 23.1. The van der Waals surface area contributed by atoms with Crippen LogP contribution in [0.2, 0.25) is 10.0 Å². The Bertz CT molecular complexity index is 1360. The van der Waals surface area contributed by atoms with Gasteiger partial charge in [0.05, 0.1) is 46.6 Å². The zero-order valence-corrected chi connectivity index (χ0v) is 19.4. The van der Waals surface area contributed by atoms with Gasteiger partial charge in [0.25, 0.3) is 5.91 Å². The minimum Gasteiger partial charge on any atom is -0.495 e. The van der Waals surface area contributed by atoms with Gasteiger partial charge < -0.3 is 14.6 Å². The molecular weight excluding hydrogens is 463 g/mol. The lowest BCUT2D eigenvalue weighted by molar-refractivity contribution is 0.102. The van der Waals surface area contributed by atoms with Crippen LogP contribution in [0.4, 0.5) is 5.82 Å². The maximum atomic E-state index is 13.0. The van der Waals surface area contributed by atoms with E-state index < -0.39 is 0 Å². The molecule has 10 heteroatoms. The van der Waals surface area contributed by atoms with Crippen LogP contribution in [0.25, 0.3) is 5.69 Å². The minimum atomic E-state index is -0.289. The second-order valence-electron chi connectivity index (χ2n) is 7.82. The summed E-state index contributed by atoms with van der Waals surface area (Å²) in [4.78, 5) is 17.2. The lowest BCUT2D eigenvalue weighted by Gasteiger charge is -2.12. The molecule has 2 aromatic carbocycles. The standard InChI is InChI=1S/C23H20Cl2N6O2/c1-13-11-30(12-26-13)19-6-4-15(10-21(19)33-2)23(32)27-22-20-8-7-18(31(20)29-28-22)14-3-5-16(24)17(25)9-14/h3-6,9-12,18H,7-8H2,1-2H3,(H,27,32). The number of hydrogen-bond donors (Lipinski definition) is 1. The van der Waals surface area contributed by atoms with E-state index in [0.29, 0.717) is 27.2 Å². The molecule has 168 valence electrons. The van der Waals surface area contributed by atoms with Crippen LogP contribution in [0.3, 0.4) is 0 Å². The Morgan fingerprint density at radius 3 is 2.76 bits per heavy atom. The number of nitrogens with zero attached hydrogens (tertiary/aromatic N) is 5. The maximum Gasteiger partial charge on any atom is 0.257 e. The molecule has 0 aliphatic carbocycles. The molecule has 4 aromatic rings. The first-order valence-electron chi connectivity index (χ1n) is 10.3. The van der Waals surface area contributed by atoms with Gasteiger partial charge >= 0.3 is 0 Å². The van der Waals surface area contributed by atoms with Crippen LogP contribution in [-0.2, 0) is 6.42 Å². The molecule has 0 saturated carbocycles. The zero-order valence-electron chi connectivity index (χ0n) is 17.9. The number of benzene rings is 2. The average Bonchev–Trinajstić information content (AvgIpc) is 3.53. The summed E-state index contributed by atoms with van der Waals surface area (Å²) in [5, 5.41) is 12.4. The number of anilines is 1. The van der Waals surface area contributed by atoms with E-state index in [1.165, 1.54) is 0 Å². The van der Waals surface area contributed by atoms with Gasteiger partial charge in [-0.25, -0.2) is 9.67 Å². The van der Waals surface area contributed by atoms with Gasteiger partial charge in [-0.05, 0) is 55.7 Å². The van der Waals surface area contributed by atoms with Crippen molar-refractivity contribution in [2.45, 2.75) is 25.8 Å². The molecule has 1 unspecified atom stereocenters. The summed E-state index contributed by atoms with van der Waals surface area (Å²) in [6, 6.07) is 10.8. The molecule has 5 rings (SSSR count). The Morgan fingerprint density at radius 2 is 2.03 bits per heavy atom. The van der Waals surface area contributed by atoms with Crippen molar-refractivity contribution in [3.8, 4) is 11.4 Å². The number of aromatic nitrogens is 5. The SMILES string of the molecule is COc1cc(C(=O)Nc2nnn3c2CCC3c2ccc(Cl)c(Cl)c2)ccc1-n1cnc(C)c1. The number of aryl methyl sites for hydroxylation is 1. The highest BCUT2D eigenvalue weighted by Gasteiger charge is 2.29. The number of nitrogens with one attached hydrogen (secondary N) is 1. The van der Waals surface area contributed by atoms with Gasteiger partial charge in [-0.3, -0.25) is 4.79 Å². The molecule has 2 aromatic heterocycles. The third-order valence-corrected chi connectivity index (χ3v) is 6.47. The van der Waals surface area contributed by atoms with E-state index in [4.69, 9.17) is 27.9 Å². The second-order valence-corrected chi connectivity index (χ2v) is 8.63. The normalized spacial score (nSPS) is 14.8. The first-order chi connectivity index (χ1) is 15.9. The summed E-state index contributed by atoms with van der Waals surface area (Å²) in [6.45, 7) is 1.91. The van der Waals surface area contributed by atoms with E-state index in [9.17, 15) is 4.79 Å².